The molecule has 0 aliphatic carbocycles. The summed E-state index contributed by atoms with van der Waals surface area (Å²) in [5.41, 5.74) is 2.95. The molecule has 220 valence electrons. The number of ketones is 1. The zero-order chi connectivity index (χ0) is 31.4. The van der Waals surface area contributed by atoms with Crippen LogP contribution in [0.4, 0.5) is 10.5 Å². The molecular weight excluding hydrogens is 546 g/mol. The van der Waals surface area contributed by atoms with Crippen LogP contribution in [-0.2, 0) is 9.53 Å². The average molecular weight is 580 g/mol. The first-order valence-electron chi connectivity index (χ1n) is 13.4. The number of aryl methyl sites for hydroxylation is 1. The van der Waals surface area contributed by atoms with Gasteiger partial charge in [-0.3, -0.25) is 19.7 Å². The Bertz CT molecular complexity index is 1600. The Morgan fingerprint density at radius 1 is 0.860 bits per heavy atom. The van der Waals surface area contributed by atoms with Crippen LogP contribution in [0.1, 0.15) is 58.2 Å². The van der Waals surface area contributed by atoms with Gasteiger partial charge in [-0.15, -0.1) is 0 Å². The molecule has 3 aromatic carbocycles. The van der Waals surface area contributed by atoms with E-state index in [1.165, 1.54) is 12.1 Å². The molecule has 0 aliphatic heterocycles. The molecule has 3 rings (SSSR count). The van der Waals surface area contributed by atoms with Crippen LogP contribution >= 0.6 is 0 Å². The van der Waals surface area contributed by atoms with Gasteiger partial charge in [0.15, 0.2) is 5.78 Å². The molecule has 0 bridgehead atoms. The van der Waals surface area contributed by atoms with Crippen molar-refractivity contribution in [2.45, 2.75) is 39.3 Å². The highest BCUT2D eigenvalue weighted by Gasteiger charge is 2.21. The van der Waals surface area contributed by atoms with Crippen LogP contribution in [0.5, 0.6) is 0 Å². The van der Waals surface area contributed by atoms with Gasteiger partial charge in [0, 0.05) is 27.9 Å². The molecule has 43 heavy (non-hydrogen) atoms. The first-order valence-corrected chi connectivity index (χ1v) is 13.4. The standard InChI is InChI=1S/C34H33N3O6/c1-23-8-7-11-27(20-23)30(39)21-35-32(41)29(22-38)37-31(40)26-16-12-24(13-17-26)9-5-6-10-25-14-18-28(19-15-25)36-33(42)43-34(2,3)4/h7-8,11-20,29,38H,21-22H2,1-4H3,(H,35,41)(H,36,42)(H,37,40)/t29-/m1/s1. The summed E-state index contributed by atoms with van der Waals surface area (Å²) < 4.78 is 5.22. The highest BCUT2D eigenvalue weighted by Crippen LogP contribution is 2.13. The van der Waals surface area contributed by atoms with Crippen molar-refractivity contribution in [2.75, 3.05) is 18.5 Å². The van der Waals surface area contributed by atoms with Crippen molar-refractivity contribution >= 4 is 29.4 Å². The molecule has 1 atom stereocenters. The maximum atomic E-state index is 12.6. The minimum absolute atomic E-state index is 0.262. The number of rotatable bonds is 8. The second-order valence-electron chi connectivity index (χ2n) is 10.5. The summed E-state index contributed by atoms with van der Waals surface area (Å²) in [6, 6.07) is 19.0. The van der Waals surface area contributed by atoms with E-state index < -0.39 is 36.2 Å². The van der Waals surface area contributed by atoms with Gasteiger partial charge in [-0.1, -0.05) is 35.6 Å². The van der Waals surface area contributed by atoms with Crippen LogP contribution in [0.2, 0.25) is 0 Å². The number of hydrogen-bond acceptors (Lipinski definition) is 6. The monoisotopic (exact) mass is 579 g/mol. The Hall–Kier alpha value is -5.38. The lowest BCUT2D eigenvalue weighted by Crippen LogP contribution is -2.49. The number of hydrogen-bond donors (Lipinski definition) is 4. The third-order valence-electron chi connectivity index (χ3n) is 5.72. The number of nitrogens with one attached hydrogen (secondary N) is 3. The minimum Gasteiger partial charge on any atom is -0.444 e. The smallest absolute Gasteiger partial charge is 0.412 e. The Labute approximate surface area is 251 Å². The van der Waals surface area contributed by atoms with E-state index in [1.807, 2.05) is 13.0 Å². The molecule has 0 radical (unpaired) electrons. The van der Waals surface area contributed by atoms with Crippen molar-refractivity contribution in [1.82, 2.24) is 10.6 Å². The topological polar surface area (TPSA) is 134 Å². The summed E-state index contributed by atoms with van der Waals surface area (Å²) in [6.45, 7) is 6.32. The van der Waals surface area contributed by atoms with Gasteiger partial charge in [0.25, 0.3) is 5.91 Å². The van der Waals surface area contributed by atoms with Crippen LogP contribution < -0.4 is 16.0 Å². The van der Waals surface area contributed by atoms with Gasteiger partial charge in [0.05, 0.1) is 13.2 Å². The molecule has 0 spiro atoms. The van der Waals surface area contributed by atoms with Crippen LogP contribution in [-0.4, -0.2) is 53.6 Å². The van der Waals surface area contributed by atoms with Gasteiger partial charge in [-0.2, -0.15) is 0 Å². The Balaban J connectivity index is 1.50. The van der Waals surface area contributed by atoms with E-state index in [2.05, 4.69) is 39.6 Å². The third kappa shape index (κ3) is 10.8. The fourth-order valence-electron chi connectivity index (χ4n) is 3.62. The Kier molecular flexibility index (Phi) is 11.2. The molecule has 0 heterocycles. The second kappa shape index (κ2) is 15.0. The molecule has 3 amide bonds. The summed E-state index contributed by atoms with van der Waals surface area (Å²) in [6.07, 6.45) is -0.540. The van der Waals surface area contributed by atoms with E-state index in [9.17, 15) is 24.3 Å². The van der Waals surface area contributed by atoms with Gasteiger partial charge in [0.2, 0.25) is 5.91 Å². The summed E-state index contributed by atoms with van der Waals surface area (Å²) in [5, 5.41) is 17.2. The molecule has 0 aromatic heterocycles. The fraction of sp³-hybridized carbons (Fsp3) is 0.235. The number of benzene rings is 3. The summed E-state index contributed by atoms with van der Waals surface area (Å²) in [5.74, 6) is 9.79. The van der Waals surface area contributed by atoms with E-state index in [-0.39, 0.29) is 17.9 Å². The minimum atomic E-state index is -1.23. The van der Waals surface area contributed by atoms with Gasteiger partial charge >= 0.3 is 6.09 Å². The summed E-state index contributed by atoms with van der Waals surface area (Å²) in [7, 11) is 0. The number of carbonyl (C=O) groups excluding carboxylic acids is 4. The zero-order valence-electron chi connectivity index (χ0n) is 24.4. The first-order chi connectivity index (χ1) is 20.4. The lowest BCUT2D eigenvalue weighted by molar-refractivity contribution is -0.123. The number of ether oxygens (including phenoxy) is 1. The average Bonchev–Trinajstić information content (AvgIpc) is 2.96. The Morgan fingerprint density at radius 2 is 1.47 bits per heavy atom. The zero-order valence-corrected chi connectivity index (χ0v) is 24.4. The predicted molar refractivity (Wildman–Crippen MR) is 163 cm³/mol. The lowest BCUT2D eigenvalue weighted by atomic mass is 10.1. The van der Waals surface area contributed by atoms with Gasteiger partial charge in [-0.25, -0.2) is 4.79 Å². The molecule has 4 N–H and O–H groups in total. The van der Waals surface area contributed by atoms with Crippen molar-refractivity contribution in [2.24, 2.45) is 0 Å². The molecule has 0 saturated heterocycles. The van der Waals surface area contributed by atoms with E-state index in [4.69, 9.17) is 4.74 Å². The summed E-state index contributed by atoms with van der Waals surface area (Å²) in [4.78, 5) is 49.3. The molecule has 0 unspecified atom stereocenters. The molecule has 0 fully saturated rings. The highest BCUT2D eigenvalue weighted by molar-refractivity contribution is 6.01. The van der Waals surface area contributed by atoms with Crippen molar-refractivity contribution in [1.29, 1.82) is 0 Å². The van der Waals surface area contributed by atoms with E-state index >= 15 is 0 Å². The number of carbonyl (C=O) groups is 4. The third-order valence-corrected chi connectivity index (χ3v) is 5.72. The van der Waals surface area contributed by atoms with E-state index in [0.717, 1.165) is 5.56 Å². The Morgan fingerprint density at radius 3 is 2.02 bits per heavy atom. The normalized spacial score (nSPS) is 11.0. The van der Waals surface area contributed by atoms with Crippen molar-refractivity contribution in [3.8, 4) is 23.7 Å². The van der Waals surface area contributed by atoms with E-state index in [1.54, 1.807) is 75.4 Å². The number of anilines is 1. The summed E-state index contributed by atoms with van der Waals surface area (Å²) >= 11 is 0. The molecule has 0 saturated carbocycles. The number of Topliss-reactive ketones (excluding diaryl/α,β-unsaturated/α-hetero) is 1. The molecular formula is C34H33N3O6. The van der Waals surface area contributed by atoms with Crippen LogP contribution in [0.3, 0.4) is 0 Å². The quantitative estimate of drug-likeness (QED) is 0.237. The van der Waals surface area contributed by atoms with Crippen LogP contribution in [0, 0.1) is 30.6 Å². The van der Waals surface area contributed by atoms with Crippen molar-refractivity contribution in [3.63, 3.8) is 0 Å². The molecule has 3 aromatic rings. The highest BCUT2D eigenvalue weighted by atomic mass is 16.6. The molecule has 9 heteroatoms. The maximum absolute atomic E-state index is 12.6. The first kappa shape index (κ1) is 32.1. The second-order valence-corrected chi connectivity index (χ2v) is 10.5. The fourth-order valence-corrected chi connectivity index (χ4v) is 3.62. The van der Waals surface area contributed by atoms with Crippen molar-refractivity contribution in [3.05, 3.63) is 101 Å². The SMILES string of the molecule is Cc1cccc(C(=O)CNC(=O)[C@@H](CO)NC(=O)c2ccc(C#CC#Cc3ccc(NC(=O)OC(C)(C)C)cc3)cc2)c1. The van der Waals surface area contributed by atoms with E-state index in [0.29, 0.717) is 22.4 Å². The van der Waals surface area contributed by atoms with Gasteiger partial charge < -0.3 is 20.5 Å². The molecule has 0 aliphatic rings. The maximum Gasteiger partial charge on any atom is 0.412 e. The van der Waals surface area contributed by atoms with Gasteiger partial charge in [0.1, 0.15) is 11.6 Å². The predicted octanol–water partition coefficient (Wildman–Crippen LogP) is 3.84. The largest absolute Gasteiger partial charge is 0.444 e. The van der Waals surface area contributed by atoms with Crippen LogP contribution in [0.25, 0.3) is 0 Å². The lowest BCUT2D eigenvalue weighted by Gasteiger charge is -2.19. The van der Waals surface area contributed by atoms with Crippen LogP contribution in [0.15, 0.2) is 72.8 Å². The molecule has 9 nitrogen and oxygen atoms in total. The number of amides is 3. The van der Waals surface area contributed by atoms with Gasteiger partial charge in [-0.05, 0) is 94.1 Å². The van der Waals surface area contributed by atoms with Crippen molar-refractivity contribution < 1.29 is 29.0 Å². The number of aliphatic hydroxyl groups excluding tert-OH is 1. The number of aliphatic hydroxyl groups is 1.